The third-order valence-electron chi connectivity index (χ3n) is 13.1. The molecule has 0 saturated carbocycles. The van der Waals surface area contributed by atoms with Crippen molar-refractivity contribution in [3.63, 3.8) is 0 Å². The minimum Gasteiger partial charge on any atom is -0.394 e. The Morgan fingerprint density at radius 1 is 0.565 bits per heavy atom. The second-order valence-electron chi connectivity index (χ2n) is 20.4. The number of aliphatic hydroxyl groups excluding tert-OH is 6. The molecule has 1 aliphatic rings. The fourth-order valence-electron chi connectivity index (χ4n) is 8.84. The molecule has 0 aliphatic carbocycles. The maximum absolute atomic E-state index is 13.0. The molecule has 0 aromatic heterocycles. The Bertz CT molecular complexity index is 1000. The molecule has 370 valence electrons. The second kappa shape index (κ2) is 39.5. The first-order valence-electron chi connectivity index (χ1n) is 26.5. The molecule has 1 saturated heterocycles. The molecule has 0 spiro atoms. The Labute approximate surface area is 382 Å². The van der Waals surface area contributed by atoms with E-state index in [2.05, 4.69) is 31.9 Å². The van der Waals surface area contributed by atoms with Gasteiger partial charge in [-0.3, -0.25) is 4.79 Å². The summed E-state index contributed by atoms with van der Waals surface area (Å²) in [5, 5.41) is 65.3. The Morgan fingerprint density at radius 2 is 0.952 bits per heavy atom. The normalized spacial score (nSPS) is 21.0. The van der Waals surface area contributed by atoms with E-state index in [1.54, 1.807) is 0 Å². The zero-order valence-corrected chi connectivity index (χ0v) is 41.9. The third-order valence-corrected chi connectivity index (χ3v) is 15.0. The van der Waals surface area contributed by atoms with Crippen molar-refractivity contribution in [3.05, 3.63) is 0 Å². The van der Waals surface area contributed by atoms with Crippen molar-refractivity contribution in [2.75, 3.05) is 13.2 Å². The number of nitrogens with one attached hydrogen (secondary N) is 1. The lowest BCUT2D eigenvalue weighted by molar-refractivity contribution is -0.303. The number of carbonyl (C=O) groups is 1. The van der Waals surface area contributed by atoms with Crippen LogP contribution in [0.5, 0.6) is 0 Å². The Kier molecular flexibility index (Phi) is 37.9. The van der Waals surface area contributed by atoms with E-state index in [-0.39, 0.29) is 18.9 Å². The summed E-state index contributed by atoms with van der Waals surface area (Å²) < 4.78 is 11.2. The van der Waals surface area contributed by atoms with E-state index in [4.69, 9.17) is 9.47 Å². The van der Waals surface area contributed by atoms with Crippen LogP contribution in [0.25, 0.3) is 0 Å². The van der Waals surface area contributed by atoms with Crippen molar-refractivity contribution < 1.29 is 44.9 Å². The predicted octanol–water partition coefficient (Wildman–Crippen LogP) is 11.0. The Balaban J connectivity index is 2.24. The van der Waals surface area contributed by atoms with Gasteiger partial charge in [-0.2, -0.15) is 0 Å². The summed E-state index contributed by atoms with van der Waals surface area (Å²) in [6, 6.07) is 0.507. The summed E-state index contributed by atoms with van der Waals surface area (Å²) in [6.07, 6.45) is 32.8. The van der Waals surface area contributed by atoms with Gasteiger partial charge in [0.25, 0.3) is 0 Å². The molecule has 1 amide bonds. The number of hydrogen-bond donors (Lipinski definition) is 7. The van der Waals surface area contributed by atoms with Gasteiger partial charge in [-0.15, -0.1) is 0 Å². The van der Waals surface area contributed by atoms with Crippen molar-refractivity contribution in [2.24, 2.45) is 0 Å². The van der Waals surface area contributed by atoms with Crippen LogP contribution in [0.15, 0.2) is 0 Å². The van der Waals surface area contributed by atoms with Gasteiger partial charge in [-0.1, -0.05) is 238 Å². The predicted molar refractivity (Wildman–Crippen MR) is 259 cm³/mol. The lowest BCUT2D eigenvalue weighted by Crippen LogP contribution is -2.60. The molecule has 0 bridgehead atoms. The number of amides is 1. The van der Waals surface area contributed by atoms with Crippen molar-refractivity contribution in [3.8, 4) is 0 Å². The van der Waals surface area contributed by atoms with Gasteiger partial charge in [-0.05, 0) is 12.8 Å². The summed E-state index contributed by atoms with van der Waals surface area (Å²) in [4.78, 5) is 13.0. The molecule has 1 rings (SSSR count). The van der Waals surface area contributed by atoms with Gasteiger partial charge in [0.1, 0.15) is 30.5 Å². The molecule has 7 N–H and O–H groups in total. The van der Waals surface area contributed by atoms with Gasteiger partial charge >= 0.3 is 0 Å². The molecule has 1 heterocycles. The third kappa shape index (κ3) is 32.1. The van der Waals surface area contributed by atoms with Crippen molar-refractivity contribution >= 4 is 14.0 Å². The fourth-order valence-corrected chi connectivity index (χ4v) is 10.2. The van der Waals surface area contributed by atoms with E-state index in [0.717, 1.165) is 38.5 Å². The Hall–Kier alpha value is -0.633. The number of carbonyl (C=O) groups excluding carboxylic acids is 1. The molecule has 11 heteroatoms. The van der Waals surface area contributed by atoms with E-state index in [0.29, 0.717) is 6.42 Å². The van der Waals surface area contributed by atoms with E-state index >= 15 is 0 Å². The topological polar surface area (TPSA) is 169 Å². The van der Waals surface area contributed by atoms with Gasteiger partial charge in [0.05, 0.1) is 25.4 Å². The van der Waals surface area contributed by atoms with Crippen molar-refractivity contribution in [2.45, 2.75) is 306 Å². The number of hydrogen-bond acceptors (Lipinski definition) is 9. The van der Waals surface area contributed by atoms with Crippen LogP contribution >= 0.6 is 0 Å². The monoisotopic (exact) mass is 902 g/mol. The summed E-state index contributed by atoms with van der Waals surface area (Å²) in [5.41, 5.74) is 0. The van der Waals surface area contributed by atoms with Gasteiger partial charge in [0.15, 0.2) is 6.29 Å². The molecule has 1 aliphatic heterocycles. The van der Waals surface area contributed by atoms with Crippen molar-refractivity contribution in [1.82, 2.24) is 5.32 Å². The van der Waals surface area contributed by atoms with E-state index in [1.807, 2.05) is 0 Å². The summed E-state index contributed by atoms with van der Waals surface area (Å²) >= 11 is 0. The zero-order chi connectivity index (χ0) is 45.7. The summed E-state index contributed by atoms with van der Waals surface area (Å²) in [6.45, 7) is 8.80. The first-order valence-corrected chi connectivity index (χ1v) is 30.2. The molecule has 8 atom stereocenters. The van der Waals surface area contributed by atoms with Gasteiger partial charge < -0.3 is 45.4 Å². The number of aliphatic hydroxyl groups is 6. The smallest absolute Gasteiger partial charge is 0.220 e. The highest BCUT2D eigenvalue weighted by molar-refractivity contribution is 6.76. The molecule has 62 heavy (non-hydrogen) atoms. The fraction of sp³-hybridized carbons (Fsp3) is 0.980. The molecule has 0 radical (unpaired) electrons. The zero-order valence-electron chi connectivity index (χ0n) is 40.9. The highest BCUT2D eigenvalue weighted by Gasteiger charge is 2.44. The van der Waals surface area contributed by atoms with Crippen LogP contribution in [0.1, 0.15) is 232 Å². The summed E-state index contributed by atoms with van der Waals surface area (Å²) in [5.74, 6) is -0.252. The van der Waals surface area contributed by atoms with Gasteiger partial charge in [0, 0.05) is 14.5 Å². The van der Waals surface area contributed by atoms with Crippen molar-refractivity contribution in [1.29, 1.82) is 0 Å². The van der Waals surface area contributed by atoms with E-state index in [9.17, 15) is 35.4 Å². The molecule has 0 aromatic carbocycles. The van der Waals surface area contributed by atoms with Crippen LogP contribution in [-0.2, 0) is 14.3 Å². The molecule has 10 nitrogen and oxygen atoms in total. The quantitative estimate of drug-likeness (QED) is 0.0232. The summed E-state index contributed by atoms with van der Waals surface area (Å²) in [7, 11) is -0.839. The number of ether oxygens (including phenoxy) is 2. The van der Waals surface area contributed by atoms with Gasteiger partial charge in [0.2, 0.25) is 5.91 Å². The maximum atomic E-state index is 13.0. The van der Waals surface area contributed by atoms with Crippen LogP contribution in [0, 0.1) is 0 Å². The average Bonchev–Trinajstić information content (AvgIpc) is 3.24. The number of unbranched alkanes of at least 4 members (excludes halogenated alkanes) is 31. The largest absolute Gasteiger partial charge is 0.394 e. The molecule has 0 aromatic rings. The minimum absolute atomic E-state index is 0.252. The van der Waals surface area contributed by atoms with Crippen LogP contribution in [0.3, 0.4) is 0 Å². The maximum Gasteiger partial charge on any atom is 0.220 e. The lowest BCUT2D eigenvalue weighted by Gasteiger charge is -2.40. The average molecular weight is 902 g/mol. The Morgan fingerprint density at radius 3 is 1.35 bits per heavy atom. The van der Waals surface area contributed by atoms with E-state index < -0.39 is 63.6 Å². The molecule has 5 unspecified atom stereocenters. The minimum atomic E-state index is -1.60. The van der Waals surface area contributed by atoms with Gasteiger partial charge in [-0.25, -0.2) is 0 Å². The van der Waals surface area contributed by atoms with Crippen LogP contribution in [0.2, 0.25) is 25.7 Å². The van der Waals surface area contributed by atoms with Crippen LogP contribution in [-0.4, -0.2) is 107 Å². The standard InChI is InChI=1S/C51H103NO9Si/c1-5-6-7-8-9-10-11-23-26-29-32-35-38-44(54)47(56)43(42-60-51-50(59)49(58)48(57)45(41-53)61-51)52-46(55)39-36-33-30-27-24-21-19-17-15-13-12-14-16-18-20-22-25-28-31-34-37-40-62(2,3)4/h43-45,47-51,53-54,56-59H,5-42H2,1-4H3,(H,52,55)/t43-,44+,45?,47-,48?,49?,50?,51?/m0/s1. The lowest BCUT2D eigenvalue weighted by atomic mass is 9.98. The highest BCUT2D eigenvalue weighted by atomic mass is 28.3. The molecular formula is C51H103NO9Si. The van der Waals surface area contributed by atoms with Crippen LogP contribution in [0.4, 0.5) is 0 Å². The van der Waals surface area contributed by atoms with E-state index in [1.165, 1.54) is 179 Å². The SMILES string of the molecule is CCCCCCCCCCCCCC[C@@H](O)[C@@H](O)[C@H](COC1OC(CO)C(O)C(O)C1O)NC(=O)CCCCCCCCCCCCCCCCCCCCCCC[Si](C)(C)C. The molecular weight excluding hydrogens is 799 g/mol. The second-order valence-corrected chi connectivity index (χ2v) is 26.0. The molecule has 1 fully saturated rings. The first kappa shape index (κ1) is 59.4. The number of rotatable bonds is 44. The highest BCUT2D eigenvalue weighted by Crippen LogP contribution is 2.24. The first-order chi connectivity index (χ1) is 29.9. The van der Waals surface area contributed by atoms with Crippen LogP contribution < -0.4 is 5.32 Å².